The van der Waals surface area contributed by atoms with Gasteiger partial charge in [-0.15, -0.1) is 0 Å². The summed E-state index contributed by atoms with van der Waals surface area (Å²) in [5, 5.41) is 15.4. The van der Waals surface area contributed by atoms with E-state index in [2.05, 4.69) is 493 Å². The molecule has 678 valence electrons. The van der Waals surface area contributed by atoms with E-state index >= 15 is 0 Å². The molecule has 2 aliphatic heterocycles. The minimum atomic E-state index is -0.409. The highest BCUT2D eigenvalue weighted by molar-refractivity contribution is 7.00. The predicted octanol–water partition coefficient (Wildman–Crippen LogP) is 34.4. The topological polar surface area (TPSA) is 44.5 Å². The zero-order chi connectivity index (χ0) is 96.6. The van der Waals surface area contributed by atoms with Crippen LogP contribution in [0.15, 0.2) is 322 Å². The Labute approximate surface area is 812 Å². The summed E-state index contributed by atoms with van der Waals surface area (Å²) in [6, 6.07) is 126. The van der Waals surface area contributed by atoms with E-state index in [4.69, 9.17) is 6.57 Å². The highest BCUT2D eigenvalue weighted by Crippen LogP contribution is 2.58. The first kappa shape index (κ1) is 90.6. The molecule has 0 aliphatic carbocycles. The van der Waals surface area contributed by atoms with Crippen LogP contribution >= 0.6 is 0 Å². The molecule has 0 radical (unpaired) electrons. The Balaban J connectivity index is 1.02. The van der Waals surface area contributed by atoms with Crippen LogP contribution in [-0.2, 0) is 43.3 Å². The van der Waals surface area contributed by atoms with Gasteiger partial charge in [-0.1, -0.05) is 366 Å². The van der Waals surface area contributed by atoms with Crippen molar-refractivity contribution in [3.63, 3.8) is 0 Å². The Hall–Kier alpha value is -14.2. The smallest absolute Gasteiger partial charge is 0.252 e. The van der Waals surface area contributed by atoms with Crippen molar-refractivity contribution in [3.8, 4) is 95.3 Å². The maximum atomic E-state index is 10.5. The van der Waals surface area contributed by atoms with Gasteiger partial charge in [0.1, 0.15) is 0 Å². The van der Waals surface area contributed by atoms with E-state index in [9.17, 15) is 5.26 Å². The van der Waals surface area contributed by atoms with Crippen LogP contribution in [0.1, 0.15) is 216 Å². The molecule has 0 saturated heterocycles. The molecule has 0 unspecified atom stereocenters. The second-order valence-corrected chi connectivity index (χ2v) is 47.0. The SMILES string of the molecule is [C-]#[N+]c1ccc(-c2cc(-c3ccccc3)c(N3c4cc(-n5c6ccc(C(C)(C)C)cc6c6cc(C(C)(C)C)ccc65)ccc4B4c5ccc(-n6c7ccc(C(C)(C)C)cc7c7cc(C(C)(C)C)ccc76)cc5N(c5c(-c6ccccc6)cc(-c6ccc(C#N)cc6)cc5-c5cc(C(C)(C)C)cc(C(C)(C)C)c5)c5cc(-c6ccccc6)cc3c54)c(-c3cc(C(C)(C)C)cc(C(C)(C)C)c3)c2)cc1. The molecule has 2 aromatic heterocycles. The highest BCUT2D eigenvalue weighted by atomic mass is 15.2. The minimum absolute atomic E-state index is 0.123. The predicted molar refractivity (Wildman–Crippen MR) is 588 cm³/mol. The Kier molecular flexibility index (Phi) is 21.7. The maximum Gasteiger partial charge on any atom is 0.252 e. The molecule has 0 atom stereocenters. The fourth-order valence-electron chi connectivity index (χ4n) is 21.0. The van der Waals surface area contributed by atoms with Crippen molar-refractivity contribution in [2.24, 2.45) is 0 Å². The maximum absolute atomic E-state index is 10.5. The van der Waals surface area contributed by atoms with Gasteiger partial charge in [-0.05, 0) is 281 Å². The van der Waals surface area contributed by atoms with Crippen molar-refractivity contribution < 1.29 is 0 Å². The minimum Gasteiger partial charge on any atom is -0.310 e. The molecule has 0 bridgehead atoms. The molecule has 0 fully saturated rings. The molecule has 6 nitrogen and oxygen atoms in total. The van der Waals surface area contributed by atoms with Crippen LogP contribution in [0.4, 0.5) is 39.8 Å². The second-order valence-electron chi connectivity index (χ2n) is 47.0. The molecule has 0 saturated carbocycles. The molecule has 0 N–H and O–H groups in total. The van der Waals surface area contributed by atoms with Gasteiger partial charge in [-0.3, -0.25) is 0 Å². The van der Waals surface area contributed by atoms with Gasteiger partial charge in [0.2, 0.25) is 0 Å². The first-order valence-electron chi connectivity index (χ1n) is 49.0. The van der Waals surface area contributed by atoms with Gasteiger partial charge in [0.05, 0.1) is 51.6 Å². The van der Waals surface area contributed by atoms with Gasteiger partial charge in [0.25, 0.3) is 6.71 Å². The Morgan fingerprint density at radius 1 is 0.248 bits per heavy atom. The zero-order valence-electron chi connectivity index (χ0n) is 84.4. The van der Waals surface area contributed by atoms with E-state index in [1.165, 1.54) is 66.1 Å². The molecule has 4 heterocycles. The van der Waals surface area contributed by atoms with Crippen LogP contribution in [0, 0.1) is 17.9 Å². The summed E-state index contributed by atoms with van der Waals surface area (Å²) in [6.45, 7) is 64.2. The molecule has 16 aromatic carbocycles. The summed E-state index contributed by atoms with van der Waals surface area (Å²) >= 11 is 0. The first-order chi connectivity index (χ1) is 64.9. The average molecular weight is 1780 g/mol. The largest absolute Gasteiger partial charge is 0.310 e. The fourth-order valence-corrected chi connectivity index (χ4v) is 21.0. The number of aromatic nitrogens is 2. The summed E-state index contributed by atoms with van der Waals surface area (Å²) in [6.07, 6.45) is 0. The van der Waals surface area contributed by atoms with Gasteiger partial charge >= 0.3 is 0 Å². The number of rotatable bonds is 11. The third kappa shape index (κ3) is 16.3. The lowest BCUT2D eigenvalue weighted by Crippen LogP contribution is -2.61. The van der Waals surface area contributed by atoms with E-state index < -0.39 is 6.71 Å². The molecule has 18 aromatic rings. The van der Waals surface area contributed by atoms with Gasteiger partial charge < -0.3 is 18.9 Å². The van der Waals surface area contributed by atoms with E-state index in [1.807, 2.05) is 24.3 Å². The van der Waals surface area contributed by atoms with E-state index in [-0.39, 0.29) is 43.3 Å². The highest BCUT2D eigenvalue weighted by Gasteiger charge is 2.47. The Bertz CT molecular complexity index is 7350. The monoisotopic (exact) mass is 1780 g/mol. The van der Waals surface area contributed by atoms with Crippen LogP contribution in [0.5, 0.6) is 0 Å². The van der Waals surface area contributed by atoms with Crippen molar-refractivity contribution in [2.75, 3.05) is 9.80 Å². The van der Waals surface area contributed by atoms with Gasteiger partial charge in [0, 0.05) is 77.9 Å². The van der Waals surface area contributed by atoms with Crippen LogP contribution in [0.2, 0.25) is 0 Å². The third-order valence-corrected chi connectivity index (χ3v) is 29.1. The van der Waals surface area contributed by atoms with Crippen molar-refractivity contribution in [3.05, 3.63) is 383 Å². The second kappa shape index (κ2) is 32.8. The lowest BCUT2D eigenvalue weighted by molar-refractivity contribution is 0.568. The average Bonchev–Trinajstić information content (AvgIpc) is 1.14. The summed E-state index contributed by atoms with van der Waals surface area (Å²) in [5.74, 6) is 0. The Morgan fingerprint density at radius 3 is 0.832 bits per heavy atom. The number of fused-ring (bicyclic) bond motifs is 10. The molecule has 7 heteroatoms. The molecule has 2 aliphatic rings. The number of hydrogen-bond acceptors (Lipinski definition) is 3. The first-order valence-corrected chi connectivity index (χ1v) is 49.0. The van der Waals surface area contributed by atoms with E-state index in [0.29, 0.717) is 11.3 Å². The number of benzene rings is 16. The number of nitrogens with zero attached hydrogens (tertiary/aromatic N) is 6. The fraction of sp³-hybridized carbons (Fsp3) is 0.246. The van der Waals surface area contributed by atoms with Crippen LogP contribution in [0.25, 0.3) is 138 Å². The molecule has 0 amide bonds. The molecule has 137 heavy (non-hydrogen) atoms. The molecular formula is C130H125BN6. The molecular weight excluding hydrogens is 1660 g/mol. The number of anilines is 6. The number of hydrogen-bond donors (Lipinski definition) is 0. The normalized spacial score (nSPS) is 13.2. The van der Waals surface area contributed by atoms with E-state index in [0.717, 1.165) is 162 Å². The zero-order valence-corrected chi connectivity index (χ0v) is 84.4. The van der Waals surface area contributed by atoms with E-state index in [1.54, 1.807) is 0 Å². The quantitative estimate of drug-likeness (QED) is 0.0958. The Morgan fingerprint density at radius 2 is 0.533 bits per heavy atom. The van der Waals surface area contributed by atoms with Gasteiger partial charge in [0.15, 0.2) is 5.69 Å². The molecule has 0 spiro atoms. The van der Waals surface area contributed by atoms with Crippen molar-refractivity contribution in [1.29, 1.82) is 5.26 Å². The van der Waals surface area contributed by atoms with Gasteiger partial charge in [-0.2, -0.15) is 5.26 Å². The van der Waals surface area contributed by atoms with Crippen LogP contribution in [0.3, 0.4) is 0 Å². The van der Waals surface area contributed by atoms with Crippen LogP contribution in [-0.4, -0.2) is 15.8 Å². The van der Waals surface area contributed by atoms with Crippen molar-refractivity contribution in [1.82, 2.24) is 9.13 Å². The lowest BCUT2D eigenvalue weighted by Gasteiger charge is -2.46. The van der Waals surface area contributed by atoms with Crippen molar-refractivity contribution in [2.45, 2.75) is 209 Å². The third-order valence-electron chi connectivity index (χ3n) is 29.1. The molecule has 20 rings (SSSR count). The lowest BCUT2D eigenvalue weighted by atomic mass is 9.33. The van der Waals surface area contributed by atoms with Crippen LogP contribution < -0.4 is 26.2 Å². The van der Waals surface area contributed by atoms with Gasteiger partial charge in [-0.25, -0.2) is 4.85 Å². The summed E-state index contributed by atoms with van der Waals surface area (Å²) in [7, 11) is 0. The number of nitriles is 1. The summed E-state index contributed by atoms with van der Waals surface area (Å²) < 4.78 is 5.13. The standard InChI is InChI=1S/C130H125BN6/c1-123(2,3)91-47-57-112-106(73-91)107-74-92(124(4,5)6)48-58-113(107)134(112)100-53-55-110-116(77-100)136(121-102(84-37-31-27-32-38-84)65-86(82-43-41-80(79-132)42-44-82)67-104(121)89-61-95(127(13,14)15)71-96(62-89)128(16,17)18)118-69-88(81-35-29-26-30-36-81)70-119-120(118)131(110)111-56-54-101(135-114-59-49-93(125(7,8)9)75-108(114)109-76-94(126(10,11)12)50-60-115(109)135)78-117(111)137(119)122-103(85-39-33-28-34-40-85)66-87(83-45-51-99(133-25)52-46-83)68-105(122)90-63-97(129(19,20)21)72-98(64-90)130(22,23)24/h26-78H,1-24H3. The van der Waals surface area contributed by atoms with Crippen molar-refractivity contribution >= 4 is 107 Å². The summed E-state index contributed by atoms with van der Waals surface area (Å²) in [4.78, 5) is 9.46. The summed E-state index contributed by atoms with van der Waals surface area (Å²) in [5.41, 5.74) is 41.0.